The number of rotatable bonds is 7. The average Bonchev–Trinajstić information content (AvgIpc) is 2.78. The van der Waals surface area contributed by atoms with Crippen molar-refractivity contribution in [3.63, 3.8) is 0 Å². The molecule has 1 aromatic carbocycles. The van der Waals surface area contributed by atoms with E-state index in [4.69, 9.17) is 14.6 Å². The van der Waals surface area contributed by atoms with E-state index in [1.807, 2.05) is 30.3 Å². The summed E-state index contributed by atoms with van der Waals surface area (Å²) in [4.78, 5) is 41.4. The third kappa shape index (κ3) is 5.26. The number of aromatic nitrogens is 1. The van der Waals surface area contributed by atoms with Crippen LogP contribution in [0.25, 0.3) is 0 Å². The van der Waals surface area contributed by atoms with E-state index in [1.165, 1.54) is 4.90 Å². The van der Waals surface area contributed by atoms with Crippen LogP contribution < -0.4 is 15.4 Å². The van der Waals surface area contributed by atoms with Crippen LogP contribution in [0.5, 0.6) is 5.75 Å². The molecule has 4 rings (SSSR count). The van der Waals surface area contributed by atoms with Crippen LogP contribution >= 0.6 is 0 Å². The molecule has 1 aliphatic heterocycles. The topological polar surface area (TPSA) is 130 Å². The molecule has 1 fully saturated rings. The Morgan fingerprint density at radius 1 is 1.22 bits per heavy atom. The van der Waals surface area contributed by atoms with Crippen LogP contribution in [-0.4, -0.2) is 52.3 Å². The lowest BCUT2D eigenvalue weighted by atomic mass is 9.79. The maximum Gasteiger partial charge on any atom is 0.410 e. The Bertz CT molecular complexity index is 999. The number of pyridine rings is 1. The molecule has 10 nitrogen and oxygen atoms in total. The lowest BCUT2D eigenvalue weighted by Crippen LogP contribution is -2.51. The Morgan fingerprint density at radius 2 is 2.03 bits per heavy atom. The molecule has 2 atom stereocenters. The minimum atomic E-state index is -1.08. The van der Waals surface area contributed by atoms with Crippen LogP contribution in [0.3, 0.4) is 0 Å². The van der Waals surface area contributed by atoms with Gasteiger partial charge < -0.3 is 30.1 Å². The fourth-order valence-corrected chi connectivity index (χ4v) is 3.72. The number of hydrogen-bond acceptors (Lipinski definition) is 6. The highest BCUT2D eigenvalue weighted by Crippen LogP contribution is 2.30. The van der Waals surface area contributed by atoms with Crippen molar-refractivity contribution in [3.05, 3.63) is 53.7 Å². The van der Waals surface area contributed by atoms with Crippen molar-refractivity contribution in [2.45, 2.75) is 32.0 Å². The van der Waals surface area contributed by atoms with Crippen molar-refractivity contribution in [2.24, 2.45) is 5.92 Å². The lowest BCUT2D eigenvalue weighted by molar-refractivity contribution is -0.118. The molecule has 0 bridgehead atoms. The van der Waals surface area contributed by atoms with Gasteiger partial charge in [-0.3, -0.25) is 4.79 Å². The van der Waals surface area contributed by atoms with Crippen molar-refractivity contribution in [1.29, 1.82) is 0 Å². The zero-order valence-electron chi connectivity index (χ0n) is 17.3. The standard InChI is InChI=1S/C22H24N4O6/c27-19-13-31-18-9-7-16(23-20(18)25-19)11-26(10-15-6-8-17(15)24-21(28)29)22(30)32-12-14-4-2-1-3-5-14/h1-5,7,9,15,17,24H,6,8,10-13H2,(H,28,29)(H,23,25,27). The largest absolute Gasteiger partial charge is 0.480 e. The molecular weight excluding hydrogens is 416 g/mol. The molecule has 0 spiro atoms. The highest BCUT2D eigenvalue weighted by atomic mass is 16.6. The number of nitrogens with zero attached hydrogens (tertiary/aromatic N) is 2. The van der Waals surface area contributed by atoms with Gasteiger partial charge in [0.05, 0.1) is 12.2 Å². The third-order valence-corrected chi connectivity index (χ3v) is 5.53. The maximum absolute atomic E-state index is 12.9. The van der Waals surface area contributed by atoms with Gasteiger partial charge in [0.25, 0.3) is 5.91 Å². The number of anilines is 1. The summed E-state index contributed by atoms with van der Waals surface area (Å²) in [5.41, 5.74) is 1.41. The van der Waals surface area contributed by atoms with Gasteiger partial charge in [0.2, 0.25) is 0 Å². The summed E-state index contributed by atoms with van der Waals surface area (Å²) in [5.74, 6) is 0.469. The van der Waals surface area contributed by atoms with Gasteiger partial charge in [-0.2, -0.15) is 0 Å². The fourth-order valence-electron chi connectivity index (χ4n) is 3.72. The molecule has 10 heteroatoms. The number of ether oxygens (including phenoxy) is 2. The molecule has 2 aliphatic rings. The summed E-state index contributed by atoms with van der Waals surface area (Å²) < 4.78 is 10.8. The van der Waals surface area contributed by atoms with Crippen molar-refractivity contribution >= 4 is 23.9 Å². The Hall–Kier alpha value is -3.82. The SMILES string of the molecule is O=C(O)NC1CCC1CN(Cc1ccc2c(n1)NC(=O)CO2)C(=O)OCc1ccccc1. The van der Waals surface area contributed by atoms with Gasteiger partial charge in [0.15, 0.2) is 18.2 Å². The average molecular weight is 440 g/mol. The highest BCUT2D eigenvalue weighted by molar-refractivity contribution is 5.94. The van der Waals surface area contributed by atoms with E-state index in [2.05, 4.69) is 15.6 Å². The third-order valence-electron chi connectivity index (χ3n) is 5.53. The highest BCUT2D eigenvalue weighted by Gasteiger charge is 2.35. The van der Waals surface area contributed by atoms with Gasteiger partial charge in [0.1, 0.15) is 6.61 Å². The van der Waals surface area contributed by atoms with Crippen molar-refractivity contribution in [3.8, 4) is 5.75 Å². The van der Waals surface area contributed by atoms with E-state index in [0.717, 1.165) is 18.4 Å². The first-order chi connectivity index (χ1) is 15.5. The Morgan fingerprint density at radius 3 is 2.75 bits per heavy atom. The zero-order valence-corrected chi connectivity index (χ0v) is 17.3. The van der Waals surface area contributed by atoms with Gasteiger partial charge in [-0.25, -0.2) is 14.6 Å². The first kappa shape index (κ1) is 21.4. The summed E-state index contributed by atoms with van der Waals surface area (Å²) in [7, 11) is 0. The van der Waals surface area contributed by atoms with Crippen molar-refractivity contribution in [1.82, 2.24) is 15.2 Å². The molecule has 1 saturated carbocycles. The van der Waals surface area contributed by atoms with E-state index in [0.29, 0.717) is 23.8 Å². The van der Waals surface area contributed by atoms with E-state index >= 15 is 0 Å². The molecule has 0 radical (unpaired) electrons. The minimum Gasteiger partial charge on any atom is -0.480 e. The summed E-state index contributed by atoms with van der Waals surface area (Å²) >= 11 is 0. The van der Waals surface area contributed by atoms with E-state index < -0.39 is 12.2 Å². The summed E-state index contributed by atoms with van der Waals surface area (Å²) in [6, 6.07) is 12.6. The number of carbonyl (C=O) groups is 3. The van der Waals surface area contributed by atoms with Gasteiger partial charge in [-0.1, -0.05) is 30.3 Å². The molecular formula is C22H24N4O6. The Labute approximate surface area is 184 Å². The molecule has 3 N–H and O–H groups in total. The van der Waals surface area contributed by atoms with Crippen molar-refractivity contribution < 1.29 is 29.0 Å². The monoisotopic (exact) mass is 440 g/mol. The van der Waals surface area contributed by atoms with Crippen LogP contribution in [0, 0.1) is 5.92 Å². The van der Waals surface area contributed by atoms with E-state index in [9.17, 15) is 14.4 Å². The zero-order chi connectivity index (χ0) is 22.5. The summed E-state index contributed by atoms with van der Waals surface area (Å²) in [6.45, 7) is 0.526. The lowest BCUT2D eigenvalue weighted by Gasteiger charge is -2.39. The van der Waals surface area contributed by atoms with Crippen LogP contribution in [0.2, 0.25) is 0 Å². The first-order valence-corrected chi connectivity index (χ1v) is 10.4. The molecule has 3 amide bonds. The molecule has 1 aliphatic carbocycles. The first-order valence-electron chi connectivity index (χ1n) is 10.4. The van der Waals surface area contributed by atoms with Gasteiger partial charge >= 0.3 is 12.2 Å². The summed E-state index contributed by atoms with van der Waals surface area (Å²) in [6.07, 6.45) is -0.0705. The number of carboxylic acid groups (broad SMARTS) is 1. The minimum absolute atomic E-state index is 0.0176. The van der Waals surface area contributed by atoms with Gasteiger partial charge in [-0.05, 0) is 36.5 Å². The van der Waals surface area contributed by atoms with Crippen LogP contribution in [0.1, 0.15) is 24.1 Å². The molecule has 32 heavy (non-hydrogen) atoms. The van der Waals surface area contributed by atoms with Crippen LogP contribution in [0.15, 0.2) is 42.5 Å². The number of fused-ring (bicyclic) bond motifs is 1. The van der Waals surface area contributed by atoms with E-state index in [-0.39, 0.29) is 37.6 Å². The van der Waals surface area contributed by atoms with Crippen molar-refractivity contribution in [2.75, 3.05) is 18.5 Å². The molecule has 1 aromatic heterocycles. The second-order valence-electron chi connectivity index (χ2n) is 7.80. The Balaban J connectivity index is 1.46. The van der Waals surface area contributed by atoms with Crippen LogP contribution in [-0.2, 0) is 22.7 Å². The van der Waals surface area contributed by atoms with Crippen LogP contribution in [0.4, 0.5) is 15.4 Å². The predicted octanol–water partition coefficient (Wildman–Crippen LogP) is 2.60. The smallest absolute Gasteiger partial charge is 0.410 e. The molecule has 0 saturated heterocycles. The quantitative estimate of drug-likeness (QED) is 0.603. The number of hydrogen-bond donors (Lipinski definition) is 3. The fraction of sp³-hybridized carbons (Fsp3) is 0.364. The number of carbonyl (C=O) groups excluding carboxylic acids is 2. The van der Waals surface area contributed by atoms with E-state index in [1.54, 1.807) is 12.1 Å². The van der Waals surface area contributed by atoms with Gasteiger partial charge in [-0.15, -0.1) is 0 Å². The molecule has 168 valence electrons. The number of nitrogens with one attached hydrogen (secondary N) is 2. The molecule has 2 heterocycles. The second kappa shape index (κ2) is 9.54. The summed E-state index contributed by atoms with van der Waals surface area (Å²) in [5, 5.41) is 14.2. The van der Waals surface area contributed by atoms with Gasteiger partial charge in [0, 0.05) is 12.6 Å². The number of benzene rings is 1. The maximum atomic E-state index is 12.9. The Kier molecular flexibility index (Phi) is 6.39. The number of amides is 3. The molecule has 2 aromatic rings. The predicted molar refractivity (Wildman–Crippen MR) is 113 cm³/mol. The molecule has 2 unspecified atom stereocenters. The second-order valence-corrected chi connectivity index (χ2v) is 7.80. The normalized spacial score (nSPS) is 18.9.